The van der Waals surface area contributed by atoms with Crippen LogP contribution in [0.4, 0.5) is 0 Å². The summed E-state index contributed by atoms with van der Waals surface area (Å²) in [5.41, 5.74) is 5.66. The number of benzene rings is 2. The van der Waals surface area contributed by atoms with Gasteiger partial charge in [-0.15, -0.1) is 0 Å². The predicted octanol–water partition coefficient (Wildman–Crippen LogP) is 5.37. The topological polar surface area (TPSA) is 55.0 Å². The lowest BCUT2D eigenvalue weighted by Crippen LogP contribution is -2.26. The van der Waals surface area contributed by atoms with Crippen molar-refractivity contribution < 1.29 is 4.74 Å². The third-order valence-electron chi connectivity index (χ3n) is 5.17. The lowest BCUT2D eigenvalue weighted by molar-refractivity contribution is 0.118. The van der Waals surface area contributed by atoms with Gasteiger partial charge in [0.25, 0.3) is 5.56 Å². The number of ether oxygens (including phenoxy) is 1. The number of unbranched alkanes of at least 4 members (excludes halogenated alkanes) is 1. The maximum absolute atomic E-state index is 13.1. The minimum atomic E-state index is -0.251. The van der Waals surface area contributed by atoms with E-state index in [-0.39, 0.29) is 11.1 Å². The largest absolute Gasteiger partial charge is 0.377 e. The Morgan fingerprint density at radius 1 is 1.03 bits per heavy atom. The van der Waals surface area contributed by atoms with Crippen LogP contribution in [0.3, 0.4) is 0 Å². The van der Waals surface area contributed by atoms with Crippen LogP contribution in [0.1, 0.15) is 47.6 Å². The van der Waals surface area contributed by atoms with Crippen LogP contribution < -0.4 is 5.56 Å². The van der Waals surface area contributed by atoms with Gasteiger partial charge >= 0.3 is 0 Å². The SMILES string of the molecule is CCCCOCc1cccc(Cn2c(-c3cccc(C)c3)cc(C)c(C#N)c2=O)c1. The van der Waals surface area contributed by atoms with E-state index in [4.69, 9.17) is 4.74 Å². The van der Waals surface area contributed by atoms with Gasteiger partial charge in [0.1, 0.15) is 11.6 Å². The van der Waals surface area contributed by atoms with E-state index in [1.165, 1.54) is 0 Å². The molecule has 0 N–H and O–H groups in total. The van der Waals surface area contributed by atoms with E-state index in [0.717, 1.165) is 47.4 Å². The molecular weight excluding hydrogens is 372 g/mol. The highest BCUT2D eigenvalue weighted by molar-refractivity contribution is 5.63. The molecule has 1 heterocycles. The molecule has 0 fully saturated rings. The Hall–Kier alpha value is -3.16. The lowest BCUT2D eigenvalue weighted by atomic mass is 10.0. The molecule has 3 aromatic rings. The summed E-state index contributed by atoms with van der Waals surface area (Å²) in [7, 11) is 0. The van der Waals surface area contributed by atoms with Crippen LogP contribution in [0.2, 0.25) is 0 Å². The van der Waals surface area contributed by atoms with Crippen molar-refractivity contribution in [2.75, 3.05) is 6.61 Å². The van der Waals surface area contributed by atoms with Crippen molar-refractivity contribution in [3.8, 4) is 17.3 Å². The Morgan fingerprint density at radius 2 is 1.80 bits per heavy atom. The first-order valence-electron chi connectivity index (χ1n) is 10.4. The molecule has 4 nitrogen and oxygen atoms in total. The Bertz CT molecular complexity index is 1120. The molecule has 0 amide bonds. The Kier molecular flexibility index (Phi) is 7.21. The zero-order valence-electron chi connectivity index (χ0n) is 17.9. The lowest BCUT2D eigenvalue weighted by Gasteiger charge is -2.16. The van der Waals surface area contributed by atoms with Gasteiger partial charge in [-0.1, -0.05) is 61.4 Å². The number of hydrogen-bond acceptors (Lipinski definition) is 3. The van der Waals surface area contributed by atoms with Gasteiger partial charge in [0, 0.05) is 6.61 Å². The van der Waals surface area contributed by atoms with E-state index in [2.05, 4.69) is 25.1 Å². The molecule has 30 heavy (non-hydrogen) atoms. The van der Waals surface area contributed by atoms with Gasteiger partial charge in [-0.2, -0.15) is 5.26 Å². The summed E-state index contributed by atoms with van der Waals surface area (Å²) < 4.78 is 7.44. The first-order valence-corrected chi connectivity index (χ1v) is 10.4. The summed E-state index contributed by atoms with van der Waals surface area (Å²) in [5.74, 6) is 0. The van der Waals surface area contributed by atoms with Crippen LogP contribution in [0.25, 0.3) is 11.3 Å². The molecule has 0 bridgehead atoms. The molecule has 1 aromatic heterocycles. The summed E-state index contributed by atoms with van der Waals surface area (Å²) in [5, 5.41) is 9.50. The van der Waals surface area contributed by atoms with Gasteiger partial charge in [0.15, 0.2) is 0 Å². The van der Waals surface area contributed by atoms with E-state index < -0.39 is 0 Å². The molecule has 154 valence electrons. The highest BCUT2D eigenvalue weighted by Crippen LogP contribution is 2.23. The highest BCUT2D eigenvalue weighted by atomic mass is 16.5. The van der Waals surface area contributed by atoms with Gasteiger partial charge in [-0.25, -0.2) is 0 Å². The Morgan fingerprint density at radius 3 is 2.53 bits per heavy atom. The van der Waals surface area contributed by atoms with Gasteiger partial charge < -0.3 is 9.30 Å². The number of aryl methyl sites for hydroxylation is 2. The molecule has 0 aliphatic rings. The fraction of sp³-hybridized carbons (Fsp3) is 0.308. The van der Waals surface area contributed by atoms with Crippen molar-refractivity contribution in [3.05, 3.63) is 92.8 Å². The van der Waals surface area contributed by atoms with Gasteiger partial charge in [-0.3, -0.25) is 4.79 Å². The van der Waals surface area contributed by atoms with E-state index >= 15 is 0 Å². The van der Waals surface area contributed by atoms with Gasteiger partial charge in [-0.05, 0) is 54.7 Å². The Labute approximate surface area is 178 Å². The van der Waals surface area contributed by atoms with Crippen molar-refractivity contribution >= 4 is 0 Å². The quantitative estimate of drug-likeness (QED) is 0.478. The second-order valence-electron chi connectivity index (χ2n) is 7.69. The van der Waals surface area contributed by atoms with E-state index in [9.17, 15) is 10.1 Å². The van der Waals surface area contributed by atoms with Crippen molar-refractivity contribution in [2.24, 2.45) is 0 Å². The molecule has 4 heteroatoms. The third kappa shape index (κ3) is 5.06. The molecule has 0 saturated carbocycles. The summed E-state index contributed by atoms with van der Waals surface area (Å²) in [6.07, 6.45) is 2.16. The van der Waals surface area contributed by atoms with Crippen LogP contribution in [-0.2, 0) is 17.9 Å². The monoisotopic (exact) mass is 400 g/mol. The molecule has 0 atom stereocenters. The molecular formula is C26H28N2O2. The second-order valence-corrected chi connectivity index (χ2v) is 7.69. The van der Waals surface area contributed by atoms with Gasteiger partial charge in [0.05, 0.1) is 18.8 Å². The zero-order chi connectivity index (χ0) is 21.5. The molecule has 2 aromatic carbocycles. The van der Waals surface area contributed by atoms with Crippen LogP contribution in [0.5, 0.6) is 0 Å². The van der Waals surface area contributed by atoms with E-state index in [1.54, 1.807) is 4.57 Å². The molecule has 3 rings (SSSR count). The minimum Gasteiger partial charge on any atom is -0.377 e. The summed E-state index contributed by atoms with van der Waals surface area (Å²) in [6, 6.07) is 20.2. The standard InChI is InChI=1S/C26H28N2O2/c1-4-5-12-30-18-22-10-7-9-21(15-22)17-28-25(23-11-6-8-19(2)13-23)14-20(3)24(16-27)26(28)29/h6-11,13-15H,4-5,12,17-18H2,1-3H3. The van der Waals surface area contributed by atoms with Gasteiger partial charge in [0.2, 0.25) is 0 Å². The average molecular weight is 401 g/mol. The molecule has 0 spiro atoms. The third-order valence-corrected chi connectivity index (χ3v) is 5.17. The fourth-order valence-electron chi connectivity index (χ4n) is 3.54. The summed E-state index contributed by atoms with van der Waals surface area (Å²) in [6.45, 7) is 7.71. The van der Waals surface area contributed by atoms with Crippen LogP contribution >= 0.6 is 0 Å². The molecule has 0 aliphatic carbocycles. The van der Waals surface area contributed by atoms with Crippen molar-refractivity contribution in [1.82, 2.24) is 4.57 Å². The normalized spacial score (nSPS) is 10.7. The number of rotatable bonds is 8. The number of nitrogens with zero attached hydrogens (tertiary/aromatic N) is 2. The molecule has 0 aliphatic heterocycles. The number of hydrogen-bond donors (Lipinski definition) is 0. The molecule has 0 saturated heterocycles. The number of nitriles is 1. The minimum absolute atomic E-state index is 0.199. The van der Waals surface area contributed by atoms with Crippen LogP contribution in [-0.4, -0.2) is 11.2 Å². The summed E-state index contributed by atoms with van der Waals surface area (Å²) >= 11 is 0. The first kappa shape index (κ1) is 21.5. The highest BCUT2D eigenvalue weighted by Gasteiger charge is 2.14. The average Bonchev–Trinajstić information content (AvgIpc) is 2.74. The van der Waals surface area contributed by atoms with Crippen molar-refractivity contribution in [3.63, 3.8) is 0 Å². The second kappa shape index (κ2) is 10.0. The van der Waals surface area contributed by atoms with Crippen LogP contribution in [0.15, 0.2) is 59.4 Å². The zero-order valence-corrected chi connectivity index (χ0v) is 17.9. The number of aromatic nitrogens is 1. The smallest absolute Gasteiger partial charge is 0.269 e. The maximum atomic E-state index is 13.1. The van der Waals surface area contributed by atoms with Crippen molar-refractivity contribution in [2.45, 2.75) is 46.8 Å². The molecule has 0 unspecified atom stereocenters. The fourth-order valence-corrected chi connectivity index (χ4v) is 3.54. The molecule has 0 radical (unpaired) electrons. The first-order chi connectivity index (χ1) is 14.5. The van der Waals surface area contributed by atoms with E-state index in [1.807, 2.05) is 56.3 Å². The van der Waals surface area contributed by atoms with Crippen LogP contribution in [0, 0.1) is 25.2 Å². The predicted molar refractivity (Wildman–Crippen MR) is 120 cm³/mol. The Balaban J connectivity index is 1.99. The maximum Gasteiger partial charge on any atom is 0.269 e. The van der Waals surface area contributed by atoms with E-state index in [0.29, 0.717) is 18.7 Å². The number of pyridine rings is 1. The summed E-state index contributed by atoms with van der Waals surface area (Å²) in [4.78, 5) is 13.1. The van der Waals surface area contributed by atoms with Crippen molar-refractivity contribution in [1.29, 1.82) is 5.26 Å².